The van der Waals surface area contributed by atoms with Gasteiger partial charge in [-0.25, -0.2) is 0 Å². The Morgan fingerprint density at radius 1 is 1.46 bits per heavy atom. The molecule has 0 aliphatic heterocycles. The average molecular weight is 180 g/mol. The summed E-state index contributed by atoms with van der Waals surface area (Å²) in [5.41, 5.74) is 0.677. The van der Waals surface area contributed by atoms with Crippen LogP contribution in [0.2, 0.25) is 0 Å². The van der Waals surface area contributed by atoms with Crippen molar-refractivity contribution in [3.05, 3.63) is 18.0 Å². The fraction of sp³-hybridized carbons (Fsp3) is 0.600. The Morgan fingerprint density at radius 2 is 2.31 bits per heavy atom. The minimum absolute atomic E-state index is 0.677. The molecule has 0 bridgehead atoms. The highest BCUT2D eigenvalue weighted by Gasteiger charge is 1.99. The molecule has 0 amide bonds. The van der Waals surface area contributed by atoms with Gasteiger partial charge in [0.2, 0.25) is 0 Å². The number of carbonyl (C=O) groups is 1. The van der Waals surface area contributed by atoms with E-state index in [1.807, 2.05) is 0 Å². The summed E-state index contributed by atoms with van der Waals surface area (Å²) in [6.07, 6.45) is 7.35. The predicted molar refractivity (Wildman–Crippen MR) is 51.8 cm³/mol. The summed E-state index contributed by atoms with van der Waals surface area (Å²) in [5.74, 6) is 0. The molecular weight excluding hydrogens is 164 g/mol. The van der Waals surface area contributed by atoms with Gasteiger partial charge in [0.05, 0.1) is 0 Å². The van der Waals surface area contributed by atoms with Crippen LogP contribution in [0.1, 0.15) is 43.1 Å². The van der Waals surface area contributed by atoms with Gasteiger partial charge in [0, 0.05) is 12.7 Å². The van der Waals surface area contributed by atoms with Gasteiger partial charge in [0.15, 0.2) is 6.29 Å². The molecule has 0 saturated carbocycles. The molecule has 3 nitrogen and oxygen atoms in total. The van der Waals surface area contributed by atoms with E-state index in [0.717, 1.165) is 19.3 Å². The lowest BCUT2D eigenvalue weighted by molar-refractivity contribution is 0.111. The van der Waals surface area contributed by atoms with Crippen molar-refractivity contribution >= 4 is 6.29 Å². The van der Waals surface area contributed by atoms with Gasteiger partial charge in [0.25, 0.3) is 0 Å². The van der Waals surface area contributed by atoms with E-state index in [2.05, 4.69) is 12.0 Å². The molecule has 1 aromatic heterocycles. The van der Waals surface area contributed by atoms with Crippen molar-refractivity contribution in [2.24, 2.45) is 0 Å². The first kappa shape index (κ1) is 9.96. The summed E-state index contributed by atoms with van der Waals surface area (Å²) in [6.45, 7) is 3.05. The standard InChI is InChI=1S/C10H16N2O/c1-2-3-4-5-8-12-10(9-13)6-7-11-12/h6-7,9H,2-5,8H2,1H3. The predicted octanol–water partition coefficient (Wildman–Crippen LogP) is 2.28. The topological polar surface area (TPSA) is 34.9 Å². The minimum Gasteiger partial charge on any atom is -0.296 e. The summed E-state index contributed by atoms with van der Waals surface area (Å²) in [6, 6.07) is 1.74. The zero-order valence-corrected chi connectivity index (χ0v) is 8.07. The van der Waals surface area contributed by atoms with E-state index >= 15 is 0 Å². The van der Waals surface area contributed by atoms with Crippen molar-refractivity contribution in [2.45, 2.75) is 39.2 Å². The summed E-state index contributed by atoms with van der Waals surface area (Å²) >= 11 is 0. The van der Waals surface area contributed by atoms with Crippen molar-refractivity contribution in [1.29, 1.82) is 0 Å². The van der Waals surface area contributed by atoms with Crippen molar-refractivity contribution in [2.75, 3.05) is 0 Å². The molecule has 0 fully saturated rings. The SMILES string of the molecule is CCCCCCn1nccc1C=O. The van der Waals surface area contributed by atoms with Gasteiger partial charge in [-0.3, -0.25) is 9.48 Å². The number of hydrogen-bond donors (Lipinski definition) is 0. The summed E-state index contributed by atoms with van der Waals surface area (Å²) in [4.78, 5) is 10.5. The van der Waals surface area contributed by atoms with E-state index in [-0.39, 0.29) is 0 Å². The Kier molecular flexibility index (Phi) is 4.23. The molecule has 0 atom stereocenters. The molecule has 1 rings (SSSR count). The smallest absolute Gasteiger partial charge is 0.168 e. The number of unbranched alkanes of at least 4 members (excludes halogenated alkanes) is 3. The van der Waals surface area contributed by atoms with Gasteiger partial charge in [-0.2, -0.15) is 5.10 Å². The Bertz CT molecular complexity index is 255. The van der Waals surface area contributed by atoms with Gasteiger partial charge in [-0.1, -0.05) is 26.2 Å². The quantitative estimate of drug-likeness (QED) is 0.497. The molecule has 0 N–H and O–H groups in total. The number of rotatable bonds is 6. The Balaban J connectivity index is 2.31. The second kappa shape index (κ2) is 5.51. The molecule has 0 saturated heterocycles. The van der Waals surface area contributed by atoms with E-state index in [0.29, 0.717) is 5.69 Å². The highest BCUT2D eigenvalue weighted by molar-refractivity contribution is 5.71. The van der Waals surface area contributed by atoms with E-state index in [9.17, 15) is 4.79 Å². The zero-order valence-electron chi connectivity index (χ0n) is 8.07. The lowest BCUT2D eigenvalue weighted by Gasteiger charge is -2.02. The number of carbonyl (C=O) groups excluding carboxylic acids is 1. The number of aryl methyl sites for hydroxylation is 1. The van der Waals surface area contributed by atoms with E-state index in [1.165, 1.54) is 19.3 Å². The average Bonchev–Trinajstić information content (AvgIpc) is 2.60. The van der Waals surface area contributed by atoms with E-state index in [1.54, 1.807) is 16.9 Å². The van der Waals surface area contributed by atoms with Crippen LogP contribution in [-0.4, -0.2) is 16.1 Å². The normalized spacial score (nSPS) is 10.2. The molecule has 0 spiro atoms. The third kappa shape index (κ3) is 3.01. The van der Waals surface area contributed by atoms with Gasteiger partial charge in [-0.05, 0) is 12.5 Å². The molecule has 0 aliphatic carbocycles. The van der Waals surface area contributed by atoms with Gasteiger partial charge < -0.3 is 0 Å². The lowest BCUT2D eigenvalue weighted by Crippen LogP contribution is -2.04. The first-order valence-electron chi connectivity index (χ1n) is 4.85. The molecule has 0 aliphatic rings. The van der Waals surface area contributed by atoms with Crippen molar-refractivity contribution in [1.82, 2.24) is 9.78 Å². The monoisotopic (exact) mass is 180 g/mol. The minimum atomic E-state index is 0.677. The van der Waals surface area contributed by atoms with Crippen LogP contribution in [0.25, 0.3) is 0 Å². The Labute approximate surface area is 78.8 Å². The van der Waals surface area contributed by atoms with E-state index < -0.39 is 0 Å². The molecule has 13 heavy (non-hydrogen) atoms. The maximum absolute atomic E-state index is 10.5. The van der Waals surface area contributed by atoms with E-state index in [4.69, 9.17) is 0 Å². The molecular formula is C10H16N2O. The van der Waals surface area contributed by atoms with Crippen LogP contribution >= 0.6 is 0 Å². The lowest BCUT2D eigenvalue weighted by atomic mass is 10.2. The van der Waals surface area contributed by atoms with Crippen LogP contribution < -0.4 is 0 Å². The maximum atomic E-state index is 10.5. The number of aromatic nitrogens is 2. The highest BCUT2D eigenvalue weighted by atomic mass is 16.1. The molecule has 1 heterocycles. The van der Waals surface area contributed by atoms with Crippen LogP contribution in [0.4, 0.5) is 0 Å². The van der Waals surface area contributed by atoms with Crippen LogP contribution in [0.5, 0.6) is 0 Å². The first-order valence-corrected chi connectivity index (χ1v) is 4.85. The number of nitrogens with zero attached hydrogens (tertiary/aromatic N) is 2. The third-order valence-corrected chi connectivity index (χ3v) is 2.09. The fourth-order valence-electron chi connectivity index (χ4n) is 1.32. The molecule has 3 heteroatoms. The molecule has 0 aromatic carbocycles. The Hall–Kier alpha value is -1.12. The van der Waals surface area contributed by atoms with Crippen LogP contribution in [-0.2, 0) is 6.54 Å². The van der Waals surface area contributed by atoms with Crippen molar-refractivity contribution in [3.8, 4) is 0 Å². The van der Waals surface area contributed by atoms with Crippen LogP contribution in [0.3, 0.4) is 0 Å². The molecule has 0 unspecified atom stereocenters. The third-order valence-electron chi connectivity index (χ3n) is 2.09. The second-order valence-electron chi connectivity index (χ2n) is 3.16. The number of hydrogen-bond acceptors (Lipinski definition) is 2. The zero-order chi connectivity index (χ0) is 9.52. The summed E-state index contributed by atoms with van der Waals surface area (Å²) in [7, 11) is 0. The fourth-order valence-corrected chi connectivity index (χ4v) is 1.32. The Morgan fingerprint density at radius 3 is 3.00 bits per heavy atom. The second-order valence-corrected chi connectivity index (χ2v) is 3.16. The van der Waals surface area contributed by atoms with Crippen LogP contribution in [0.15, 0.2) is 12.3 Å². The largest absolute Gasteiger partial charge is 0.296 e. The summed E-state index contributed by atoms with van der Waals surface area (Å²) < 4.78 is 1.77. The van der Waals surface area contributed by atoms with Crippen molar-refractivity contribution < 1.29 is 4.79 Å². The highest BCUT2D eigenvalue weighted by Crippen LogP contribution is 2.02. The van der Waals surface area contributed by atoms with Gasteiger partial charge in [0.1, 0.15) is 5.69 Å². The maximum Gasteiger partial charge on any atom is 0.168 e. The summed E-state index contributed by atoms with van der Waals surface area (Å²) in [5, 5.41) is 4.07. The number of aldehydes is 1. The molecule has 0 radical (unpaired) electrons. The van der Waals surface area contributed by atoms with Crippen LogP contribution in [0, 0.1) is 0 Å². The van der Waals surface area contributed by atoms with Gasteiger partial charge in [-0.15, -0.1) is 0 Å². The molecule has 1 aromatic rings. The van der Waals surface area contributed by atoms with Crippen molar-refractivity contribution in [3.63, 3.8) is 0 Å². The molecule has 72 valence electrons. The first-order chi connectivity index (χ1) is 6.38. The van der Waals surface area contributed by atoms with Gasteiger partial charge >= 0.3 is 0 Å².